The predicted molar refractivity (Wildman–Crippen MR) is 48.6 cm³/mol. The van der Waals surface area contributed by atoms with Crippen LogP contribution in [0, 0.1) is 0 Å². The Kier molecular flexibility index (Phi) is 3.08. The SMILES string of the molecule is N[C@@H](Cc1ccc(Cl)s1)C(=O)O. The lowest BCUT2D eigenvalue weighted by Crippen LogP contribution is -2.31. The van der Waals surface area contributed by atoms with Gasteiger partial charge >= 0.3 is 5.97 Å². The van der Waals surface area contributed by atoms with Crippen LogP contribution in [0.5, 0.6) is 0 Å². The Bertz CT molecular complexity index is 287. The highest BCUT2D eigenvalue weighted by Gasteiger charge is 2.12. The molecule has 0 radical (unpaired) electrons. The first-order valence-electron chi connectivity index (χ1n) is 3.32. The summed E-state index contributed by atoms with van der Waals surface area (Å²) in [5.41, 5.74) is 5.32. The van der Waals surface area contributed by atoms with Crippen LogP contribution in [-0.4, -0.2) is 17.1 Å². The first-order valence-corrected chi connectivity index (χ1v) is 4.51. The van der Waals surface area contributed by atoms with E-state index in [4.69, 9.17) is 22.4 Å². The molecule has 3 nitrogen and oxygen atoms in total. The maximum atomic E-state index is 10.4. The largest absolute Gasteiger partial charge is 0.480 e. The van der Waals surface area contributed by atoms with Crippen molar-refractivity contribution in [2.75, 3.05) is 0 Å². The van der Waals surface area contributed by atoms with Crippen molar-refractivity contribution in [3.63, 3.8) is 0 Å². The molecule has 0 unspecified atom stereocenters. The Morgan fingerprint density at radius 2 is 2.42 bits per heavy atom. The van der Waals surface area contributed by atoms with Crippen molar-refractivity contribution in [1.82, 2.24) is 0 Å². The van der Waals surface area contributed by atoms with Crippen LogP contribution in [0.2, 0.25) is 4.34 Å². The maximum Gasteiger partial charge on any atom is 0.320 e. The van der Waals surface area contributed by atoms with Crippen LogP contribution in [-0.2, 0) is 11.2 Å². The van der Waals surface area contributed by atoms with Crippen molar-refractivity contribution in [3.8, 4) is 0 Å². The zero-order valence-electron chi connectivity index (χ0n) is 6.16. The molecule has 0 fully saturated rings. The van der Waals surface area contributed by atoms with Gasteiger partial charge in [0.1, 0.15) is 6.04 Å². The Balaban J connectivity index is 2.58. The van der Waals surface area contributed by atoms with Crippen molar-refractivity contribution in [2.45, 2.75) is 12.5 Å². The lowest BCUT2D eigenvalue weighted by Gasteiger charge is -2.02. The molecule has 0 aromatic carbocycles. The average molecular weight is 206 g/mol. The summed E-state index contributed by atoms with van der Waals surface area (Å²) in [6.45, 7) is 0. The molecule has 0 aliphatic heterocycles. The number of hydrogen-bond donors (Lipinski definition) is 2. The first-order chi connectivity index (χ1) is 5.59. The zero-order chi connectivity index (χ0) is 9.14. The maximum absolute atomic E-state index is 10.4. The van der Waals surface area contributed by atoms with E-state index in [-0.39, 0.29) is 0 Å². The first kappa shape index (κ1) is 9.51. The molecule has 0 spiro atoms. The van der Waals surface area contributed by atoms with Crippen molar-refractivity contribution < 1.29 is 9.90 Å². The van der Waals surface area contributed by atoms with E-state index in [9.17, 15) is 4.79 Å². The summed E-state index contributed by atoms with van der Waals surface area (Å²) in [7, 11) is 0. The molecule has 66 valence electrons. The Hall–Kier alpha value is -0.580. The third kappa shape index (κ3) is 2.48. The lowest BCUT2D eigenvalue weighted by molar-refractivity contribution is -0.138. The quantitative estimate of drug-likeness (QED) is 0.783. The van der Waals surface area contributed by atoms with Crippen LogP contribution < -0.4 is 5.73 Å². The fraction of sp³-hybridized carbons (Fsp3) is 0.286. The van der Waals surface area contributed by atoms with Crippen LogP contribution >= 0.6 is 22.9 Å². The van der Waals surface area contributed by atoms with Crippen LogP contribution in [0.3, 0.4) is 0 Å². The minimum absolute atomic E-state index is 0.340. The summed E-state index contributed by atoms with van der Waals surface area (Å²) in [6, 6.07) is 2.69. The molecule has 1 rings (SSSR count). The molecular weight excluding hydrogens is 198 g/mol. The number of rotatable bonds is 3. The summed E-state index contributed by atoms with van der Waals surface area (Å²) in [5.74, 6) is -0.987. The van der Waals surface area contributed by atoms with E-state index >= 15 is 0 Å². The van der Waals surface area contributed by atoms with Gasteiger partial charge in [-0.2, -0.15) is 0 Å². The summed E-state index contributed by atoms with van der Waals surface area (Å²) in [5, 5.41) is 8.50. The Labute approximate surface area is 78.8 Å². The van der Waals surface area contributed by atoms with Gasteiger partial charge in [-0.15, -0.1) is 11.3 Å². The summed E-state index contributed by atoms with van der Waals surface area (Å²) >= 11 is 7.01. The number of hydrogen-bond acceptors (Lipinski definition) is 3. The molecule has 0 bridgehead atoms. The smallest absolute Gasteiger partial charge is 0.320 e. The Morgan fingerprint density at radius 1 is 1.75 bits per heavy atom. The van der Waals surface area contributed by atoms with Gasteiger partial charge in [0.15, 0.2) is 0 Å². The van der Waals surface area contributed by atoms with Crippen LogP contribution in [0.15, 0.2) is 12.1 Å². The van der Waals surface area contributed by atoms with Gasteiger partial charge in [0.25, 0.3) is 0 Å². The molecule has 1 atom stereocenters. The highest BCUT2D eigenvalue weighted by atomic mass is 35.5. The Morgan fingerprint density at radius 3 is 2.83 bits per heavy atom. The van der Waals surface area contributed by atoms with Gasteiger partial charge in [0, 0.05) is 11.3 Å². The van der Waals surface area contributed by atoms with Crippen LogP contribution in [0.4, 0.5) is 0 Å². The summed E-state index contributed by atoms with van der Waals surface area (Å²) < 4.78 is 0.655. The second-order valence-corrected chi connectivity index (χ2v) is 4.15. The van der Waals surface area contributed by atoms with Gasteiger partial charge in [-0.05, 0) is 12.1 Å². The zero-order valence-corrected chi connectivity index (χ0v) is 7.73. The molecule has 1 aromatic rings. The molecule has 1 heterocycles. The highest BCUT2D eigenvalue weighted by molar-refractivity contribution is 7.16. The molecule has 3 N–H and O–H groups in total. The van der Waals surface area contributed by atoms with E-state index in [2.05, 4.69) is 0 Å². The number of aliphatic carboxylic acids is 1. The molecule has 0 aliphatic carbocycles. The second kappa shape index (κ2) is 3.89. The van der Waals surface area contributed by atoms with Gasteiger partial charge in [-0.3, -0.25) is 4.79 Å². The third-order valence-electron chi connectivity index (χ3n) is 1.37. The molecule has 0 aliphatic rings. The van der Waals surface area contributed by atoms with Gasteiger partial charge in [0.2, 0.25) is 0 Å². The topological polar surface area (TPSA) is 63.3 Å². The molecule has 0 amide bonds. The van der Waals surface area contributed by atoms with Crippen LogP contribution in [0.25, 0.3) is 0 Å². The molecule has 12 heavy (non-hydrogen) atoms. The molecular formula is C7H8ClNO2S. The number of carboxylic acids is 1. The lowest BCUT2D eigenvalue weighted by atomic mass is 10.2. The van der Waals surface area contributed by atoms with E-state index in [0.29, 0.717) is 10.8 Å². The van der Waals surface area contributed by atoms with Gasteiger partial charge in [-0.1, -0.05) is 11.6 Å². The fourth-order valence-corrected chi connectivity index (χ4v) is 1.91. The van der Waals surface area contributed by atoms with Gasteiger partial charge < -0.3 is 10.8 Å². The monoisotopic (exact) mass is 205 g/mol. The number of carbonyl (C=O) groups is 1. The molecule has 1 aromatic heterocycles. The normalized spacial score (nSPS) is 12.8. The number of thiophene rings is 1. The number of halogens is 1. The third-order valence-corrected chi connectivity index (χ3v) is 2.62. The fourth-order valence-electron chi connectivity index (χ4n) is 0.766. The minimum Gasteiger partial charge on any atom is -0.480 e. The van der Waals surface area contributed by atoms with Crippen molar-refractivity contribution in [1.29, 1.82) is 0 Å². The van der Waals surface area contributed by atoms with Crippen molar-refractivity contribution in [3.05, 3.63) is 21.3 Å². The van der Waals surface area contributed by atoms with E-state index in [1.807, 2.05) is 0 Å². The standard InChI is InChI=1S/C7H8ClNO2S/c8-6-2-1-4(12-6)3-5(9)7(10)11/h1-2,5H,3,9H2,(H,10,11)/t5-/m0/s1. The second-order valence-electron chi connectivity index (χ2n) is 2.35. The predicted octanol–water partition coefficient (Wildman–Crippen LogP) is 1.36. The van der Waals surface area contributed by atoms with E-state index < -0.39 is 12.0 Å². The molecule has 0 saturated heterocycles. The summed E-state index contributed by atoms with van der Waals surface area (Å²) in [4.78, 5) is 11.3. The number of nitrogens with two attached hydrogens (primary N) is 1. The van der Waals surface area contributed by atoms with E-state index in [1.165, 1.54) is 11.3 Å². The van der Waals surface area contributed by atoms with Crippen molar-refractivity contribution >= 4 is 28.9 Å². The average Bonchev–Trinajstić information content (AvgIpc) is 2.35. The van der Waals surface area contributed by atoms with Gasteiger partial charge in [-0.25, -0.2) is 0 Å². The summed E-state index contributed by atoms with van der Waals surface area (Å²) in [6.07, 6.45) is 0.340. The minimum atomic E-state index is -0.987. The number of carboxylic acid groups (broad SMARTS) is 1. The van der Waals surface area contributed by atoms with Crippen LogP contribution in [0.1, 0.15) is 4.88 Å². The van der Waals surface area contributed by atoms with E-state index in [0.717, 1.165) is 4.88 Å². The van der Waals surface area contributed by atoms with E-state index in [1.54, 1.807) is 12.1 Å². The van der Waals surface area contributed by atoms with Crippen molar-refractivity contribution in [2.24, 2.45) is 5.73 Å². The molecule has 5 heteroatoms. The van der Waals surface area contributed by atoms with Gasteiger partial charge in [0.05, 0.1) is 4.34 Å². The highest BCUT2D eigenvalue weighted by Crippen LogP contribution is 2.22. The molecule has 0 saturated carbocycles.